The number of aromatic nitrogens is 2. The molecule has 0 radical (unpaired) electrons. The lowest BCUT2D eigenvalue weighted by Crippen LogP contribution is -2.26. The first-order valence-electron chi connectivity index (χ1n) is 7.97. The Hall–Kier alpha value is -2.84. The van der Waals surface area contributed by atoms with E-state index in [9.17, 15) is 23.1 Å². The second-order valence-corrected chi connectivity index (χ2v) is 6.36. The number of carbonyl (C=O) groups is 1. The molecule has 4 rings (SSSR count). The van der Waals surface area contributed by atoms with Crippen molar-refractivity contribution in [2.45, 2.75) is 12.3 Å². The van der Waals surface area contributed by atoms with Crippen molar-refractivity contribution in [3.8, 4) is 5.75 Å². The van der Waals surface area contributed by atoms with Crippen LogP contribution in [0.15, 0.2) is 36.5 Å². The number of alkyl halides is 3. The van der Waals surface area contributed by atoms with Gasteiger partial charge in [0, 0.05) is 25.2 Å². The summed E-state index contributed by atoms with van der Waals surface area (Å²) in [5, 5.41) is 9.40. The van der Waals surface area contributed by atoms with E-state index in [2.05, 4.69) is 9.97 Å². The number of esters is 1. The van der Waals surface area contributed by atoms with Crippen LogP contribution in [0.5, 0.6) is 5.75 Å². The van der Waals surface area contributed by atoms with Crippen LogP contribution >= 0.6 is 0 Å². The quantitative estimate of drug-likeness (QED) is 0.825. The topological polar surface area (TPSA) is 75.6 Å². The molecule has 9 heteroatoms. The van der Waals surface area contributed by atoms with Gasteiger partial charge in [-0.15, -0.1) is 0 Å². The minimum atomic E-state index is -4.55. The first-order valence-corrected chi connectivity index (χ1v) is 7.97. The van der Waals surface area contributed by atoms with E-state index in [1.807, 2.05) is 0 Å². The fourth-order valence-electron chi connectivity index (χ4n) is 3.49. The average Bonchev–Trinajstić information content (AvgIpc) is 3.16. The fraction of sp³-hybridized carbons (Fsp3) is 0.353. The highest BCUT2D eigenvalue weighted by Gasteiger charge is 2.51. The van der Waals surface area contributed by atoms with Crippen molar-refractivity contribution in [2.75, 3.05) is 18.0 Å². The Morgan fingerprint density at radius 2 is 1.88 bits per heavy atom. The highest BCUT2D eigenvalue weighted by molar-refractivity contribution is 5.77. The molecule has 1 unspecified atom stereocenters. The molecular weight excluding hydrogens is 351 g/mol. The molecule has 0 spiro atoms. The van der Waals surface area contributed by atoms with Gasteiger partial charge in [-0.3, -0.25) is 4.79 Å². The van der Waals surface area contributed by atoms with Crippen LogP contribution in [0.2, 0.25) is 0 Å². The van der Waals surface area contributed by atoms with Gasteiger partial charge in [0.05, 0.1) is 5.92 Å². The van der Waals surface area contributed by atoms with E-state index in [0.29, 0.717) is 6.54 Å². The number of benzene rings is 1. The number of hydrogen-bond donors (Lipinski definition) is 1. The second kappa shape index (κ2) is 5.86. The maximum absolute atomic E-state index is 12.9. The Kier molecular flexibility index (Phi) is 3.74. The van der Waals surface area contributed by atoms with Gasteiger partial charge in [0.1, 0.15) is 17.5 Å². The van der Waals surface area contributed by atoms with E-state index in [0.717, 1.165) is 17.8 Å². The van der Waals surface area contributed by atoms with E-state index in [4.69, 9.17) is 4.74 Å². The number of phenolic OH excluding ortho intramolecular Hbond substituents is 1. The minimum Gasteiger partial charge on any atom is -0.508 e. The maximum atomic E-state index is 12.9. The lowest BCUT2D eigenvalue weighted by Gasteiger charge is -2.21. The number of carbonyl (C=O) groups excluding carboxylic acids is 1. The number of fused-ring (bicyclic) bond motifs is 1. The molecule has 1 aromatic carbocycles. The zero-order chi connectivity index (χ0) is 18.5. The zero-order valence-electron chi connectivity index (χ0n) is 13.3. The molecule has 136 valence electrons. The maximum Gasteiger partial charge on any atom is 0.433 e. The average molecular weight is 365 g/mol. The Labute approximate surface area is 146 Å². The fourth-order valence-corrected chi connectivity index (χ4v) is 3.49. The predicted molar refractivity (Wildman–Crippen MR) is 83.2 cm³/mol. The molecule has 1 N–H and O–H groups in total. The largest absolute Gasteiger partial charge is 0.508 e. The molecule has 2 aliphatic rings. The van der Waals surface area contributed by atoms with Crippen LogP contribution in [0, 0.1) is 11.8 Å². The van der Waals surface area contributed by atoms with E-state index in [-0.39, 0.29) is 30.1 Å². The highest BCUT2D eigenvalue weighted by Crippen LogP contribution is 2.44. The Bertz CT molecular complexity index is 841. The SMILES string of the molecule is O=C1OC(c2ccc(O)cc2)[C@@H]2CN(c3nccc(C(F)(F)F)n3)C[C@H]12. The number of cyclic esters (lactones) is 1. The van der Waals surface area contributed by atoms with Crippen molar-refractivity contribution in [1.29, 1.82) is 0 Å². The van der Waals surface area contributed by atoms with E-state index in [1.165, 1.54) is 12.1 Å². The lowest BCUT2D eigenvalue weighted by molar-refractivity contribution is -0.144. The lowest BCUT2D eigenvalue weighted by atomic mass is 9.90. The molecule has 6 nitrogen and oxygen atoms in total. The van der Waals surface area contributed by atoms with Gasteiger partial charge >= 0.3 is 12.1 Å². The molecule has 0 amide bonds. The number of rotatable bonds is 2. The van der Waals surface area contributed by atoms with Crippen LogP contribution in [-0.4, -0.2) is 34.1 Å². The number of halogens is 3. The summed E-state index contributed by atoms with van der Waals surface area (Å²) in [6.45, 7) is 0.517. The van der Waals surface area contributed by atoms with Crippen molar-refractivity contribution in [1.82, 2.24) is 9.97 Å². The second-order valence-electron chi connectivity index (χ2n) is 6.36. The summed E-state index contributed by atoms with van der Waals surface area (Å²) in [7, 11) is 0. The van der Waals surface area contributed by atoms with Crippen LogP contribution in [0.3, 0.4) is 0 Å². The van der Waals surface area contributed by atoms with Crippen molar-refractivity contribution in [2.24, 2.45) is 11.8 Å². The zero-order valence-corrected chi connectivity index (χ0v) is 13.3. The summed E-state index contributed by atoms with van der Waals surface area (Å²) in [5.41, 5.74) is -0.285. The Morgan fingerprint density at radius 1 is 1.15 bits per heavy atom. The van der Waals surface area contributed by atoms with Crippen LogP contribution in [-0.2, 0) is 15.7 Å². The van der Waals surface area contributed by atoms with Crippen molar-refractivity contribution >= 4 is 11.9 Å². The molecule has 3 heterocycles. The Morgan fingerprint density at radius 3 is 2.58 bits per heavy atom. The normalized spacial score (nSPS) is 25.3. The number of phenols is 1. The number of anilines is 1. The minimum absolute atomic E-state index is 0.0496. The van der Waals surface area contributed by atoms with E-state index < -0.39 is 23.9 Å². The Balaban J connectivity index is 1.59. The summed E-state index contributed by atoms with van der Waals surface area (Å²) >= 11 is 0. The van der Waals surface area contributed by atoms with Gasteiger partial charge < -0.3 is 14.7 Å². The van der Waals surface area contributed by atoms with Gasteiger partial charge in [0.25, 0.3) is 0 Å². The van der Waals surface area contributed by atoms with Gasteiger partial charge in [-0.2, -0.15) is 13.2 Å². The summed E-state index contributed by atoms with van der Waals surface area (Å²) < 4.78 is 44.0. The molecule has 0 aliphatic carbocycles. The molecule has 2 aromatic rings. The molecule has 0 saturated carbocycles. The third kappa shape index (κ3) is 2.83. The smallest absolute Gasteiger partial charge is 0.433 e. The summed E-state index contributed by atoms with van der Waals surface area (Å²) in [4.78, 5) is 21.3. The van der Waals surface area contributed by atoms with Gasteiger partial charge in [-0.25, -0.2) is 9.97 Å². The summed E-state index contributed by atoms with van der Waals surface area (Å²) in [6, 6.07) is 7.14. The van der Waals surface area contributed by atoms with Gasteiger partial charge in [-0.05, 0) is 23.8 Å². The number of aromatic hydroxyl groups is 1. The van der Waals surface area contributed by atoms with Crippen molar-refractivity contribution in [3.05, 3.63) is 47.8 Å². The van der Waals surface area contributed by atoms with Gasteiger partial charge in [-0.1, -0.05) is 12.1 Å². The first kappa shape index (κ1) is 16.6. The molecule has 26 heavy (non-hydrogen) atoms. The van der Waals surface area contributed by atoms with Gasteiger partial charge in [0.15, 0.2) is 0 Å². The molecule has 1 aromatic heterocycles. The summed E-state index contributed by atoms with van der Waals surface area (Å²) in [6.07, 6.45) is -4.00. The molecule has 2 saturated heterocycles. The number of ether oxygens (including phenoxy) is 1. The van der Waals surface area contributed by atoms with Crippen molar-refractivity contribution in [3.63, 3.8) is 0 Å². The standard InChI is InChI=1S/C17H14F3N3O3/c18-17(19,20)13-5-6-21-16(22-13)23-7-11-12(8-23)15(25)26-14(11)9-1-3-10(24)4-2-9/h1-6,11-12,14,24H,7-8H2/t11-,12+,14?/m1/s1. The molecule has 2 fully saturated rings. The molecular formula is C17H14F3N3O3. The van der Waals surface area contributed by atoms with E-state index in [1.54, 1.807) is 17.0 Å². The highest BCUT2D eigenvalue weighted by atomic mass is 19.4. The first-order chi connectivity index (χ1) is 12.3. The third-order valence-electron chi connectivity index (χ3n) is 4.74. The third-order valence-corrected chi connectivity index (χ3v) is 4.74. The number of hydrogen-bond acceptors (Lipinski definition) is 6. The summed E-state index contributed by atoms with van der Waals surface area (Å²) in [5.74, 6) is -1.01. The molecule has 3 atom stereocenters. The molecule has 2 aliphatic heterocycles. The van der Waals surface area contributed by atoms with E-state index >= 15 is 0 Å². The van der Waals surface area contributed by atoms with Gasteiger partial charge in [0.2, 0.25) is 5.95 Å². The van der Waals surface area contributed by atoms with Crippen molar-refractivity contribution < 1.29 is 27.8 Å². The predicted octanol–water partition coefficient (Wildman–Crippen LogP) is 2.55. The van der Waals surface area contributed by atoms with Crippen LogP contribution in [0.4, 0.5) is 19.1 Å². The van der Waals surface area contributed by atoms with Crippen LogP contribution in [0.1, 0.15) is 17.4 Å². The number of nitrogens with zero attached hydrogens (tertiary/aromatic N) is 3. The van der Waals surface area contributed by atoms with Crippen LogP contribution < -0.4 is 4.90 Å². The monoisotopic (exact) mass is 365 g/mol. The van der Waals surface area contributed by atoms with Crippen LogP contribution in [0.25, 0.3) is 0 Å². The molecule has 0 bridgehead atoms.